The van der Waals surface area contributed by atoms with Gasteiger partial charge in [-0.3, -0.25) is 0 Å². The first-order chi connectivity index (χ1) is 15.4. The summed E-state index contributed by atoms with van der Waals surface area (Å²) in [4.78, 5) is 0. The van der Waals surface area contributed by atoms with E-state index in [1.54, 1.807) is 0 Å². The highest BCUT2D eigenvalue weighted by atomic mass is 14.8. The molecule has 0 aliphatic heterocycles. The van der Waals surface area contributed by atoms with E-state index in [9.17, 15) is 0 Å². The van der Waals surface area contributed by atoms with Crippen LogP contribution >= 0.6 is 0 Å². The second-order valence-electron chi connectivity index (χ2n) is 10.2. The second-order valence-corrected chi connectivity index (χ2v) is 10.2. The lowest BCUT2D eigenvalue weighted by Crippen LogP contribution is -2.16. The molecule has 0 aromatic carbocycles. The highest BCUT2D eigenvalue weighted by Gasteiger charge is 1.96. The van der Waals surface area contributed by atoms with Gasteiger partial charge in [0.05, 0.1) is 0 Å². The topological polar surface area (TPSA) is 12.0 Å². The zero-order chi connectivity index (χ0) is 22.5. The number of nitrogens with one attached hydrogen (secondary N) is 1. The predicted molar refractivity (Wildman–Crippen MR) is 144 cm³/mol. The van der Waals surface area contributed by atoms with Gasteiger partial charge in [-0.2, -0.15) is 0 Å². The van der Waals surface area contributed by atoms with Crippen LogP contribution in [0.5, 0.6) is 0 Å². The van der Waals surface area contributed by atoms with Crippen molar-refractivity contribution in [2.45, 2.75) is 181 Å². The van der Waals surface area contributed by atoms with Gasteiger partial charge in [-0.1, -0.05) is 168 Å². The maximum atomic E-state index is 3.66. The van der Waals surface area contributed by atoms with Crippen LogP contribution in [0.25, 0.3) is 0 Å². The molecule has 31 heavy (non-hydrogen) atoms. The molecule has 188 valence electrons. The lowest BCUT2D eigenvalue weighted by atomic mass is 10.0. The maximum Gasteiger partial charge on any atom is -0.00489 e. The van der Waals surface area contributed by atoms with Gasteiger partial charge in [0.2, 0.25) is 0 Å². The van der Waals surface area contributed by atoms with Crippen LogP contribution in [0.1, 0.15) is 181 Å². The molecule has 0 rings (SSSR count). The van der Waals surface area contributed by atoms with Gasteiger partial charge in [0.1, 0.15) is 0 Å². The minimum absolute atomic E-state index is 1.25. The Morgan fingerprint density at radius 2 is 0.452 bits per heavy atom. The van der Waals surface area contributed by atoms with E-state index in [1.165, 1.54) is 180 Å². The van der Waals surface area contributed by atoms with Gasteiger partial charge < -0.3 is 5.32 Å². The molecule has 1 N–H and O–H groups in total. The summed E-state index contributed by atoms with van der Waals surface area (Å²) >= 11 is 0. The van der Waals surface area contributed by atoms with E-state index in [-0.39, 0.29) is 0 Å². The fraction of sp³-hybridized carbons (Fsp3) is 1.00. The average Bonchev–Trinajstić information content (AvgIpc) is 2.78. The summed E-state index contributed by atoms with van der Waals surface area (Å²) < 4.78 is 0. The molecule has 0 fully saturated rings. The molecule has 0 unspecified atom stereocenters. The summed E-state index contributed by atoms with van der Waals surface area (Å²) in [7, 11) is 0. The van der Waals surface area contributed by atoms with E-state index in [1.807, 2.05) is 0 Å². The Balaban J connectivity index is 2.98. The first kappa shape index (κ1) is 31.0. The van der Waals surface area contributed by atoms with Gasteiger partial charge in [0.15, 0.2) is 0 Å². The average molecular weight is 438 g/mol. The SMILES string of the molecule is CCCCCCCCCCCCCCCNCCCCCCCCCCCCCCC. The lowest BCUT2D eigenvalue weighted by Gasteiger charge is -2.06. The number of rotatable bonds is 28. The first-order valence-corrected chi connectivity index (χ1v) is 15.1. The summed E-state index contributed by atoms with van der Waals surface area (Å²) in [6, 6.07) is 0. The van der Waals surface area contributed by atoms with Crippen LogP contribution in [0.2, 0.25) is 0 Å². The molecule has 0 saturated heterocycles. The van der Waals surface area contributed by atoms with Crippen molar-refractivity contribution in [3.63, 3.8) is 0 Å². The molecule has 0 aromatic rings. The van der Waals surface area contributed by atoms with Crippen LogP contribution in [-0.4, -0.2) is 13.1 Å². The molecular weight excluding hydrogens is 374 g/mol. The number of hydrogen-bond acceptors (Lipinski definition) is 1. The molecule has 0 spiro atoms. The number of hydrogen-bond donors (Lipinski definition) is 1. The van der Waals surface area contributed by atoms with Crippen molar-refractivity contribution in [1.82, 2.24) is 5.32 Å². The van der Waals surface area contributed by atoms with Crippen molar-refractivity contribution in [3.05, 3.63) is 0 Å². The van der Waals surface area contributed by atoms with Crippen molar-refractivity contribution < 1.29 is 0 Å². The maximum absolute atomic E-state index is 3.66. The molecular formula is C30H63N. The zero-order valence-electron chi connectivity index (χ0n) is 22.3. The first-order valence-electron chi connectivity index (χ1n) is 15.1. The summed E-state index contributed by atoms with van der Waals surface area (Å²) in [6.07, 6.45) is 37.7. The van der Waals surface area contributed by atoms with Crippen molar-refractivity contribution in [1.29, 1.82) is 0 Å². The smallest absolute Gasteiger partial charge is 0.00489 e. The van der Waals surface area contributed by atoms with E-state index in [0.29, 0.717) is 0 Å². The van der Waals surface area contributed by atoms with E-state index in [0.717, 1.165) is 0 Å². The predicted octanol–water partition coefficient (Wildman–Crippen LogP) is 10.8. The molecule has 1 heteroatoms. The van der Waals surface area contributed by atoms with Crippen LogP contribution in [0.3, 0.4) is 0 Å². The molecule has 0 heterocycles. The summed E-state index contributed by atoms with van der Waals surface area (Å²) in [5.41, 5.74) is 0. The standard InChI is InChI=1S/C30H63N/c1-3-5-7-9-11-13-15-17-19-21-23-25-27-29-31-30-28-26-24-22-20-18-16-14-12-10-8-6-4-2/h31H,3-30H2,1-2H3. The monoisotopic (exact) mass is 437 g/mol. The number of unbranched alkanes of at least 4 members (excludes halogenated alkanes) is 24. The largest absolute Gasteiger partial charge is 0.317 e. The highest BCUT2D eigenvalue weighted by Crippen LogP contribution is 2.13. The molecule has 0 saturated carbocycles. The Morgan fingerprint density at radius 3 is 0.677 bits per heavy atom. The molecule has 1 nitrogen and oxygen atoms in total. The molecule has 0 aromatic heterocycles. The molecule has 0 amide bonds. The summed E-state index contributed by atoms with van der Waals surface area (Å²) in [5, 5.41) is 3.66. The van der Waals surface area contributed by atoms with Crippen LogP contribution in [0.4, 0.5) is 0 Å². The van der Waals surface area contributed by atoms with Gasteiger partial charge in [0.25, 0.3) is 0 Å². The lowest BCUT2D eigenvalue weighted by molar-refractivity contribution is 0.519. The fourth-order valence-corrected chi connectivity index (χ4v) is 4.66. The minimum Gasteiger partial charge on any atom is -0.317 e. The van der Waals surface area contributed by atoms with Gasteiger partial charge in [0, 0.05) is 0 Å². The normalized spacial score (nSPS) is 11.4. The second kappa shape index (κ2) is 30.0. The molecule has 0 aliphatic carbocycles. The van der Waals surface area contributed by atoms with Gasteiger partial charge in [-0.25, -0.2) is 0 Å². The third-order valence-electron chi connectivity index (χ3n) is 6.91. The van der Waals surface area contributed by atoms with Gasteiger partial charge in [-0.05, 0) is 25.9 Å². The van der Waals surface area contributed by atoms with Gasteiger partial charge in [-0.15, -0.1) is 0 Å². The Labute approximate surface area is 199 Å². The fourth-order valence-electron chi connectivity index (χ4n) is 4.66. The third kappa shape index (κ3) is 30.0. The van der Waals surface area contributed by atoms with Crippen molar-refractivity contribution in [3.8, 4) is 0 Å². The van der Waals surface area contributed by atoms with Crippen LogP contribution in [-0.2, 0) is 0 Å². The Kier molecular flexibility index (Phi) is 29.9. The van der Waals surface area contributed by atoms with Crippen LogP contribution in [0, 0.1) is 0 Å². The van der Waals surface area contributed by atoms with Crippen molar-refractivity contribution in [2.24, 2.45) is 0 Å². The quantitative estimate of drug-likeness (QED) is 0.120. The minimum atomic E-state index is 1.25. The third-order valence-corrected chi connectivity index (χ3v) is 6.91. The van der Waals surface area contributed by atoms with Crippen LogP contribution in [0.15, 0.2) is 0 Å². The van der Waals surface area contributed by atoms with E-state index < -0.39 is 0 Å². The summed E-state index contributed by atoms with van der Waals surface area (Å²) in [5.74, 6) is 0. The Bertz CT molecular complexity index is 260. The molecule has 0 aliphatic rings. The molecule has 0 atom stereocenters. The zero-order valence-corrected chi connectivity index (χ0v) is 22.3. The summed E-state index contributed by atoms with van der Waals surface area (Å²) in [6.45, 7) is 7.10. The highest BCUT2D eigenvalue weighted by molar-refractivity contribution is 4.53. The van der Waals surface area contributed by atoms with Crippen molar-refractivity contribution in [2.75, 3.05) is 13.1 Å². The van der Waals surface area contributed by atoms with E-state index >= 15 is 0 Å². The Hall–Kier alpha value is -0.0400. The molecule has 0 bridgehead atoms. The van der Waals surface area contributed by atoms with Crippen molar-refractivity contribution >= 4 is 0 Å². The van der Waals surface area contributed by atoms with Gasteiger partial charge >= 0.3 is 0 Å². The van der Waals surface area contributed by atoms with Crippen LogP contribution < -0.4 is 5.32 Å². The Morgan fingerprint density at radius 1 is 0.258 bits per heavy atom. The van der Waals surface area contributed by atoms with E-state index in [2.05, 4.69) is 19.2 Å². The van der Waals surface area contributed by atoms with E-state index in [4.69, 9.17) is 0 Å². The molecule has 0 radical (unpaired) electrons.